The van der Waals surface area contributed by atoms with Crippen molar-refractivity contribution in [1.82, 2.24) is 0 Å². The van der Waals surface area contributed by atoms with Gasteiger partial charge in [-0.25, -0.2) is 0 Å². The van der Waals surface area contributed by atoms with Crippen LogP contribution in [-0.2, 0) is 0 Å². The average Bonchev–Trinajstić information content (AvgIpc) is 2.32. The molecule has 1 nitrogen and oxygen atoms in total. The van der Waals surface area contributed by atoms with E-state index in [-0.39, 0.29) is 0 Å². The van der Waals surface area contributed by atoms with Crippen LogP contribution in [0.1, 0.15) is 22.3 Å². The molecule has 0 aliphatic rings. The Labute approximate surface area is 102 Å². The molecule has 0 spiro atoms. The maximum atomic E-state index is 9.27. The highest BCUT2D eigenvalue weighted by atomic mass is 14.3. The molecule has 0 saturated carbocycles. The van der Waals surface area contributed by atoms with Crippen molar-refractivity contribution in [1.29, 1.82) is 5.26 Å². The molecule has 84 valence electrons. The minimum atomic E-state index is 0.779. The summed E-state index contributed by atoms with van der Waals surface area (Å²) in [5.74, 6) is 0. The van der Waals surface area contributed by atoms with Gasteiger partial charge in [0.1, 0.15) is 6.07 Å². The third-order valence-corrected chi connectivity index (χ3v) is 3.28. The van der Waals surface area contributed by atoms with Crippen LogP contribution in [0.15, 0.2) is 36.4 Å². The maximum Gasteiger partial charge on any atom is 0.100 e. The minimum absolute atomic E-state index is 0.779. The first-order chi connectivity index (χ1) is 8.15. The molecule has 0 radical (unpaired) electrons. The van der Waals surface area contributed by atoms with E-state index in [1.54, 1.807) is 0 Å². The van der Waals surface area contributed by atoms with Crippen molar-refractivity contribution in [3.8, 4) is 17.2 Å². The van der Waals surface area contributed by atoms with Crippen molar-refractivity contribution in [3.63, 3.8) is 0 Å². The zero-order valence-electron chi connectivity index (χ0n) is 10.4. The van der Waals surface area contributed by atoms with Gasteiger partial charge < -0.3 is 0 Å². The van der Waals surface area contributed by atoms with Crippen molar-refractivity contribution in [2.45, 2.75) is 20.8 Å². The van der Waals surface area contributed by atoms with Crippen molar-refractivity contribution >= 4 is 0 Å². The summed E-state index contributed by atoms with van der Waals surface area (Å²) in [5.41, 5.74) is 6.51. The van der Waals surface area contributed by atoms with Gasteiger partial charge in [0.2, 0.25) is 0 Å². The summed E-state index contributed by atoms with van der Waals surface area (Å²) in [6, 6.07) is 14.5. The van der Waals surface area contributed by atoms with Gasteiger partial charge in [-0.2, -0.15) is 5.26 Å². The maximum absolute atomic E-state index is 9.27. The normalized spacial score (nSPS) is 10.0. The van der Waals surface area contributed by atoms with Gasteiger partial charge in [-0.1, -0.05) is 36.4 Å². The largest absolute Gasteiger partial charge is 0.192 e. The van der Waals surface area contributed by atoms with Crippen LogP contribution >= 0.6 is 0 Å². The van der Waals surface area contributed by atoms with Gasteiger partial charge in [0.25, 0.3) is 0 Å². The number of nitrogens with zero attached hydrogens (tertiary/aromatic N) is 1. The van der Waals surface area contributed by atoms with Gasteiger partial charge in [-0.15, -0.1) is 0 Å². The number of rotatable bonds is 1. The molecule has 0 amide bonds. The monoisotopic (exact) mass is 221 g/mol. The zero-order valence-corrected chi connectivity index (χ0v) is 10.4. The molecular weight excluding hydrogens is 206 g/mol. The highest BCUT2D eigenvalue weighted by Gasteiger charge is 2.09. The Morgan fingerprint density at radius 1 is 0.824 bits per heavy atom. The molecule has 0 heterocycles. The molecule has 0 unspecified atom stereocenters. The van der Waals surface area contributed by atoms with Gasteiger partial charge >= 0.3 is 0 Å². The Bertz CT molecular complexity index is 603. The number of hydrogen-bond donors (Lipinski definition) is 0. The first-order valence-corrected chi connectivity index (χ1v) is 5.71. The third-order valence-electron chi connectivity index (χ3n) is 3.28. The van der Waals surface area contributed by atoms with Crippen LogP contribution in [0.25, 0.3) is 11.1 Å². The molecule has 0 saturated heterocycles. The fraction of sp³-hybridized carbons (Fsp3) is 0.188. The number of aryl methyl sites for hydroxylation is 2. The van der Waals surface area contributed by atoms with E-state index in [2.05, 4.69) is 32.0 Å². The van der Waals surface area contributed by atoms with Gasteiger partial charge in [0.05, 0.1) is 5.56 Å². The molecule has 0 bridgehead atoms. The molecular formula is C16H15N. The second-order valence-corrected chi connectivity index (χ2v) is 4.36. The van der Waals surface area contributed by atoms with Crippen molar-refractivity contribution in [2.75, 3.05) is 0 Å². The molecule has 0 N–H and O–H groups in total. The van der Waals surface area contributed by atoms with E-state index in [1.165, 1.54) is 11.1 Å². The van der Waals surface area contributed by atoms with Crippen molar-refractivity contribution in [3.05, 3.63) is 58.7 Å². The fourth-order valence-corrected chi connectivity index (χ4v) is 2.08. The van der Waals surface area contributed by atoms with Gasteiger partial charge in [-0.3, -0.25) is 0 Å². The summed E-state index contributed by atoms with van der Waals surface area (Å²) in [6.07, 6.45) is 0. The van der Waals surface area contributed by atoms with Crippen LogP contribution in [0.2, 0.25) is 0 Å². The second kappa shape index (κ2) is 4.43. The first-order valence-electron chi connectivity index (χ1n) is 5.71. The molecule has 0 atom stereocenters. The van der Waals surface area contributed by atoms with Crippen LogP contribution in [-0.4, -0.2) is 0 Å². The molecule has 17 heavy (non-hydrogen) atoms. The van der Waals surface area contributed by atoms with E-state index in [4.69, 9.17) is 0 Å². The van der Waals surface area contributed by atoms with E-state index in [9.17, 15) is 5.26 Å². The molecule has 0 aromatic heterocycles. The summed E-state index contributed by atoms with van der Waals surface area (Å²) in [6.45, 7) is 6.18. The Balaban J connectivity index is 2.74. The molecule has 0 aliphatic heterocycles. The predicted molar refractivity (Wildman–Crippen MR) is 70.8 cm³/mol. The van der Waals surface area contributed by atoms with Gasteiger partial charge in [0, 0.05) is 0 Å². The van der Waals surface area contributed by atoms with E-state index in [0.717, 1.165) is 22.3 Å². The Morgan fingerprint density at radius 2 is 1.41 bits per heavy atom. The molecule has 1 heteroatoms. The quantitative estimate of drug-likeness (QED) is 0.709. The SMILES string of the molecule is Cc1cccc(-c2cccc(C)c2C#N)c1C. The van der Waals surface area contributed by atoms with Crippen molar-refractivity contribution < 1.29 is 0 Å². The number of hydrogen-bond acceptors (Lipinski definition) is 1. The predicted octanol–water partition coefficient (Wildman–Crippen LogP) is 4.15. The first kappa shape index (κ1) is 11.4. The Kier molecular flexibility index (Phi) is 2.97. The van der Waals surface area contributed by atoms with E-state index in [0.29, 0.717) is 0 Å². The minimum Gasteiger partial charge on any atom is -0.192 e. The van der Waals surface area contributed by atoms with E-state index in [1.807, 2.05) is 31.2 Å². The second-order valence-electron chi connectivity index (χ2n) is 4.36. The fourth-order valence-electron chi connectivity index (χ4n) is 2.08. The lowest BCUT2D eigenvalue weighted by molar-refractivity contribution is 1.32. The Hall–Kier alpha value is -2.07. The number of benzene rings is 2. The number of nitriles is 1. The highest BCUT2D eigenvalue weighted by Crippen LogP contribution is 2.29. The summed E-state index contributed by atoms with van der Waals surface area (Å²) >= 11 is 0. The molecule has 0 fully saturated rings. The topological polar surface area (TPSA) is 23.8 Å². The third kappa shape index (κ3) is 1.94. The zero-order chi connectivity index (χ0) is 12.4. The van der Waals surface area contributed by atoms with E-state index >= 15 is 0 Å². The molecule has 2 aromatic carbocycles. The smallest absolute Gasteiger partial charge is 0.100 e. The highest BCUT2D eigenvalue weighted by molar-refractivity contribution is 5.75. The van der Waals surface area contributed by atoms with Crippen LogP contribution < -0.4 is 0 Å². The van der Waals surface area contributed by atoms with Crippen LogP contribution in [0.5, 0.6) is 0 Å². The summed E-state index contributed by atoms with van der Waals surface area (Å²) in [7, 11) is 0. The average molecular weight is 221 g/mol. The summed E-state index contributed by atoms with van der Waals surface area (Å²) in [5, 5.41) is 9.27. The molecule has 0 aliphatic carbocycles. The van der Waals surface area contributed by atoms with Crippen LogP contribution in [0.4, 0.5) is 0 Å². The van der Waals surface area contributed by atoms with Crippen molar-refractivity contribution in [2.24, 2.45) is 0 Å². The van der Waals surface area contributed by atoms with E-state index < -0.39 is 0 Å². The lowest BCUT2D eigenvalue weighted by Crippen LogP contribution is -1.92. The molecule has 2 aromatic rings. The van der Waals surface area contributed by atoms with Gasteiger partial charge in [-0.05, 0) is 48.6 Å². The lowest BCUT2D eigenvalue weighted by Gasteiger charge is -2.11. The summed E-state index contributed by atoms with van der Waals surface area (Å²) < 4.78 is 0. The lowest BCUT2D eigenvalue weighted by atomic mass is 9.92. The standard InChI is InChI=1S/C16H15N/c1-11-6-4-8-14(13(11)3)15-9-5-7-12(2)16(15)10-17/h4-9H,1-3H3. The Morgan fingerprint density at radius 3 is 2.06 bits per heavy atom. The van der Waals surface area contributed by atoms with Gasteiger partial charge in [0.15, 0.2) is 0 Å². The van der Waals surface area contributed by atoms with Crippen LogP contribution in [0.3, 0.4) is 0 Å². The molecule has 2 rings (SSSR count). The van der Waals surface area contributed by atoms with Crippen LogP contribution in [0, 0.1) is 32.1 Å². The summed E-state index contributed by atoms with van der Waals surface area (Å²) in [4.78, 5) is 0.